The molecule has 0 amide bonds. The van der Waals surface area contributed by atoms with E-state index in [9.17, 15) is 4.39 Å². The highest BCUT2D eigenvalue weighted by atomic mass is 19.1. The molecule has 2 unspecified atom stereocenters. The Morgan fingerprint density at radius 2 is 1.73 bits per heavy atom. The van der Waals surface area contributed by atoms with Gasteiger partial charge in [-0.05, 0) is 24.9 Å². The van der Waals surface area contributed by atoms with Crippen molar-refractivity contribution in [1.82, 2.24) is 5.32 Å². The molecule has 0 heterocycles. The number of benzene rings is 1. The van der Waals surface area contributed by atoms with E-state index in [1.165, 1.54) is 6.07 Å². The average molecular weight is 209 g/mol. The smallest absolute Gasteiger partial charge is 0.127 e. The van der Waals surface area contributed by atoms with Crippen LogP contribution in [0.15, 0.2) is 24.3 Å². The van der Waals surface area contributed by atoms with Crippen molar-refractivity contribution in [2.45, 2.75) is 26.8 Å². The molecule has 15 heavy (non-hydrogen) atoms. The summed E-state index contributed by atoms with van der Waals surface area (Å²) < 4.78 is 13.6. The van der Waals surface area contributed by atoms with Crippen LogP contribution in [-0.4, -0.2) is 7.05 Å². The summed E-state index contributed by atoms with van der Waals surface area (Å²) in [6, 6.07) is 7.08. The lowest BCUT2D eigenvalue weighted by Gasteiger charge is -2.27. The van der Waals surface area contributed by atoms with E-state index in [0.717, 1.165) is 5.56 Å². The van der Waals surface area contributed by atoms with Gasteiger partial charge in [0.25, 0.3) is 0 Å². The van der Waals surface area contributed by atoms with Crippen LogP contribution in [0.2, 0.25) is 0 Å². The van der Waals surface area contributed by atoms with Gasteiger partial charge in [0.05, 0.1) is 0 Å². The monoisotopic (exact) mass is 209 g/mol. The molecule has 0 aliphatic carbocycles. The highest BCUT2D eigenvalue weighted by Crippen LogP contribution is 2.28. The SMILES string of the molecule is CNC(c1ccccc1F)C(C)C(C)C. The predicted octanol–water partition coefficient (Wildman–Crippen LogP) is 3.38. The standard InChI is InChI=1S/C13H20FN/c1-9(2)10(3)13(15-4)11-7-5-6-8-12(11)14/h5-10,13,15H,1-4H3. The minimum Gasteiger partial charge on any atom is -0.313 e. The summed E-state index contributed by atoms with van der Waals surface area (Å²) in [5.41, 5.74) is 0.765. The molecule has 1 aromatic rings. The minimum atomic E-state index is -0.121. The van der Waals surface area contributed by atoms with Crippen molar-refractivity contribution in [3.8, 4) is 0 Å². The summed E-state index contributed by atoms with van der Waals surface area (Å²) in [5, 5.41) is 3.20. The van der Waals surface area contributed by atoms with Gasteiger partial charge < -0.3 is 5.32 Å². The van der Waals surface area contributed by atoms with Crippen LogP contribution in [0.3, 0.4) is 0 Å². The Bertz CT molecular complexity index is 309. The lowest BCUT2D eigenvalue weighted by atomic mass is 9.86. The first-order valence-corrected chi connectivity index (χ1v) is 5.49. The van der Waals surface area contributed by atoms with Gasteiger partial charge in [-0.15, -0.1) is 0 Å². The molecule has 0 fully saturated rings. The van der Waals surface area contributed by atoms with Gasteiger partial charge in [0.1, 0.15) is 5.82 Å². The largest absolute Gasteiger partial charge is 0.313 e. The van der Waals surface area contributed by atoms with E-state index >= 15 is 0 Å². The van der Waals surface area contributed by atoms with Crippen molar-refractivity contribution >= 4 is 0 Å². The van der Waals surface area contributed by atoms with Gasteiger partial charge in [0, 0.05) is 11.6 Å². The minimum absolute atomic E-state index is 0.0891. The predicted molar refractivity (Wildman–Crippen MR) is 62.2 cm³/mol. The quantitative estimate of drug-likeness (QED) is 0.801. The van der Waals surface area contributed by atoms with Gasteiger partial charge in [0.15, 0.2) is 0 Å². The molecular formula is C13H20FN. The first-order valence-electron chi connectivity index (χ1n) is 5.49. The van der Waals surface area contributed by atoms with Crippen LogP contribution in [0.25, 0.3) is 0 Å². The molecule has 0 saturated carbocycles. The maximum atomic E-state index is 13.6. The first-order chi connectivity index (χ1) is 7.07. The molecule has 1 nitrogen and oxygen atoms in total. The zero-order chi connectivity index (χ0) is 11.4. The van der Waals surface area contributed by atoms with E-state index in [1.54, 1.807) is 6.07 Å². The Labute approximate surface area is 91.7 Å². The molecule has 1 aromatic carbocycles. The van der Waals surface area contributed by atoms with Crippen molar-refractivity contribution in [3.63, 3.8) is 0 Å². The van der Waals surface area contributed by atoms with E-state index < -0.39 is 0 Å². The van der Waals surface area contributed by atoms with Gasteiger partial charge in [-0.1, -0.05) is 39.0 Å². The zero-order valence-electron chi connectivity index (χ0n) is 9.92. The summed E-state index contributed by atoms with van der Waals surface area (Å²) in [7, 11) is 1.88. The lowest BCUT2D eigenvalue weighted by molar-refractivity contribution is 0.310. The van der Waals surface area contributed by atoms with Crippen molar-refractivity contribution in [1.29, 1.82) is 0 Å². The van der Waals surface area contributed by atoms with Crippen molar-refractivity contribution in [2.75, 3.05) is 7.05 Å². The number of halogens is 1. The van der Waals surface area contributed by atoms with Crippen LogP contribution in [-0.2, 0) is 0 Å². The number of nitrogens with one attached hydrogen (secondary N) is 1. The topological polar surface area (TPSA) is 12.0 Å². The lowest BCUT2D eigenvalue weighted by Crippen LogP contribution is -2.27. The van der Waals surface area contributed by atoms with E-state index in [-0.39, 0.29) is 11.9 Å². The molecule has 84 valence electrons. The van der Waals surface area contributed by atoms with Gasteiger partial charge in [-0.3, -0.25) is 0 Å². The number of hydrogen-bond donors (Lipinski definition) is 1. The molecule has 0 spiro atoms. The first kappa shape index (κ1) is 12.2. The summed E-state index contributed by atoms with van der Waals surface area (Å²) in [5.74, 6) is 0.818. The molecule has 2 atom stereocenters. The van der Waals surface area contributed by atoms with Gasteiger partial charge in [-0.2, -0.15) is 0 Å². The van der Waals surface area contributed by atoms with E-state index in [1.807, 2.05) is 19.2 Å². The van der Waals surface area contributed by atoms with E-state index in [0.29, 0.717) is 11.8 Å². The molecular weight excluding hydrogens is 189 g/mol. The maximum Gasteiger partial charge on any atom is 0.127 e. The van der Waals surface area contributed by atoms with Gasteiger partial charge in [0.2, 0.25) is 0 Å². The highest BCUT2D eigenvalue weighted by Gasteiger charge is 2.22. The van der Waals surface area contributed by atoms with Gasteiger partial charge in [-0.25, -0.2) is 4.39 Å². The van der Waals surface area contributed by atoms with Crippen molar-refractivity contribution < 1.29 is 4.39 Å². The van der Waals surface area contributed by atoms with Crippen LogP contribution in [0.1, 0.15) is 32.4 Å². The summed E-state index contributed by atoms with van der Waals surface area (Å²) in [4.78, 5) is 0. The van der Waals surface area contributed by atoms with Crippen molar-refractivity contribution in [2.24, 2.45) is 11.8 Å². The molecule has 1 N–H and O–H groups in total. The Balaban J connectivity index is 2.97. The summed E-state index contributed by atoms with van der Waals surface area (Å²) in [6.45, 7) is 6.48. The molecule has 1 rings (SSSR count). The third-order valence-electron chi connectivity index (χ3n) is 3.13. The number of rotatable bonds is 4. The number of hydrogen-bond acceptors (Lipinski definition) is 1. The third-order valence-corrected chi connectivity index (χ3v) is 3.13. The maximum absolute atomic E-state index is 13.6. The normalized spacial score (nSPS) is 15.3. The third kappa shape index (κ3) is 2.78. The fourth-order valence-electron chi connectivity index (χ4n) is 1.81. The Morgan fingerprint density at radius 3 is 2.20 bits per heavy atom. The second-order valence-corrected chi connectivity index (χ2v) is 4.39. The molecule has 0 aliphatic heterocycles. The van der Waals surface area contributed by atoms with E-state index in [4.69, 9.17) is 0 Å². The molecule has 0 bridgehead atoms. The molecule has 0 aromatic heterocycles. The second kappa shape index (κ2) is 5.26. The summed E-state index contributed by atoms with van der Waals surface area (Å²) in [6.07, 6.45) is 0. The second-order valence-electron chi connectivity index (χ2n) is 4.39. The van der Waals surface area contributed by atoms with Crippen molar-refractivity contribution in [3.05, 3.63) is 35.6 Å². The Kier molecular flexibility index (Phi) is 4.28. The highest BCUT2D eigenvalue weighted by molar-refractivity contribution is 5.21. The molecule has 0 saturated heterocycles. The zero-order valence-corrected chi connectivity index (χ0v) is 9.92. The van der Waals surface area contributed by atoms with E-state index in [2.05, 4.69) is 26.1 Å². The Morgan fingerprint density at radius 1 is 1.13 bits per heavy atom. The average Bonchev–Trinajstić information content (AvgIpc) is 2.21. The summed E-state index contributed by atoms with van der Waals surface area (Å²) >= 11 is 0. The fraction of sp³-hybridized carbons (Fsp3) is 0.538. The molecule has 0 radical (unpaired) electrons. The fourth-order valence-corrected chi connectivity index (χ4v) is 1.81. The van der Waals surface area contributed by atoms with Crippen LogP contribution in [0.5, 0.6) is 0 Å². The van der Waals surface area contributed by atoms with Crippen LogP contribution in [0.4, 0.5) is 4.39 Å². The van der Waals surface area contributed by atoms with Crippen LogP contribution >= 0.6 is 0 Å². The van der Waals surface area contributed by atoms with Crippen LogP contribution < -0.4 is 5.32 Å². The molecule has 0 aliphatic rings. The molecule has 2 heteroatoms. The van der Waals surface area contributed by atoms with Gasteiger partial charge >= 0.3 is 0 Å². The Hall–Kier alpha value is -0.890. The van der Waals surface area contributed by atoms with Crippen LogP contribution in [0, 0.1) is 17.7 Å².